The van der Waals surface area contributed by atoms with Gasteiger partial charge in [0.15, 0.2) is 5.82 Å². The van der Waals surface area contributed by atoms with E-state index in [4.69, 9.17) is 9.26 Å². The van der Waals surface area contributed by atoms with Crippen molar-refractivity contribution in [3.05, 3.63) is 29.2 Å². The number of hydrogen-bond donors (Lipinski definition) is 1. The Morgan fingerprint density at radius 3 is 2.91 bits per heavy atom. The quantitative estimate of drug-likeness (QED) is 0.743. The molecule has 8 nitrogen and oxygen atoms in total. The summed E-state index contributed by atoms with van der Waals surface area (Å²) in [4.78, 5) is 16.6. The Balaban J connectivity index is 1.96. The van der Waals surface area contributed by atoms with E-state index in [0.29, 0.717) is 37.2 Å². The molecule has 0 bridgehead atoms. The van der Waals surface area contributed by atoms with Gasteiger partial charge < -0.3 is 14.6 Å². The average molecular weight is 321 g/mol. The molecule has 2 heterocycles. The summed E-state index contributed by atoms with van der Waals surface area (Å²) in [5.41, 5.74) is 1.28. The largest absolute Gasteiger partial charge is 0.380 e. The standard InChI is InChI=1S/C15H23N5O3/c1-5-22-7-6-20-12(8-11(4)18-20)15(21)16-9-13-17-14(10(2)3)19-23-13/h8,10H,5-7,9H2,1-4H3,(H,16,21). The third kappa shape index (κ3) is 4.62. The molecule has 0 radical (unpaired) electrons. The normalized spacial score (nSPS) is 11.2. The molecule has 0 aliphatic heterocycles. The number of nitrogens with one attached hydrogen (secondary N) is 1. The van der Waals surface area contributed by atoms with Crippen molar-refractivity contribution in [2.75, 3.05) is 13.2 Å². The van der Waals surface area contributed by atoms with Gasteiger partial charge >= 0.3 is 0 Å². The van der Waals surface area contributed by atoms with E-state index < -0.39 is 0 Å². The molecule has 2 aromatic rings. The van der Waals surface area contributed by atoms with Gasteiger partial charge in [0.25, 0.3) is 5.91 Å². The van der Waals surface area contributed by atoms with Crippen molar-refractivity contribution >= 4 is 5.91 Å². The summed E-state index contributed by atoms with van der Waals surface area (Å²) >= 11 is 0. The number of rotatable bonds is 8. The summed E-state index contributed by atoms with van der Waals surface area (Å²) < 4.78 is 12.1. The number of nitrogens with zero attached hydrogens (tertiary/aromatic N) is 4. The smallest absolute Gasteiger partial charge is 0.270 e. The molecule has 8 heteroatoms. The Morgan fingerprint density at radius 1 is 1.48 bits per heavy atom. The van der Waals surface area contributed by atoms with Gasteiger partial charge in [0.1, 0.15) is 5.69 Å². The SMILES string of the molecule is CCOCCn1nc(C)cc1C(=O)NCc1nc(C(C)C)no1. The van der Waals surface area contributed by atoms with E-state index >= 15 is 0 Å². The highest BCUT2D eigenvalue weighted by atomic mass is 16.5. The van der Waals surface area contributed by atoms with Crippen LogP contribution in [0.2, 0.25) is 0 Å². The monoisotopic (exact) mass is 321 g/mol. The van der Waals surface area contributed by atoms with E-state index in [-0.39, 0.29) is 18.4 Å². The molecule has 126 valence electrons. The maximum atomic E-state index is 12.3. The first kappa shape index (κ1) is 17.1. The lowest BCUT2D eigenvalue weighted by molar-refractivity contribution is 0.0928. The van der Waals surface area contributed by atoms with Crippen molar-refractivity contribution in [2.45, 2.75) is 46.7 Å². The number of carbonyl (C=O) groups is 1. The zero-order valence-electron chi connectivity index (χ0n) is 14.0. The first-order valence-electron chi connectivity index (χ1n) is 7.74. The van der Waals surface area contributed by atoms with E-state index in [1.54, 1.807) is 10.7 Å². The van der Waals surface area contributed by atoms with Gasteiger partial charge in [0, 0.05) is 12.5 Å². The van der Waals surface area contributed by atoms with Crippen LogP contribution in [0, 0.1) is 6.92 Å². The number of carbonyl (C=O) groups excluding carboxylic acids is 1. The Hall–Kier alpha value is -2.22. The van der Waals surface area contributed by atoms with E-state index in [2.05, 4.69) is 20.6 Å². The van der Waals surface area contributed by atoms with Gasteiger partial charge in [-0.1, -0.05) is 19.0 Å². The molecule has 0 spiro atoms. The first-order valence-corrected chi connectivity index (χ1v) is 7.74. The molecular weight excluding hydrogens is 298 g/mol. The van der Waals surface area contributed by atoms with Crippen LogP contribution in [0.1, 0.15) is 54.6 Å². The summed E-state index contributed by atoms with van der Waals surface area (Å²) in [6, 6.07) is 1.74. The molecule has 0 saturated carbocycles. The molecule has 23 heavy (non-hydrogen) atoms. The van der Waals surface area contributed by atoms with Crippen LogP contribution in [-0.2, 0) is 17.8 Å². The Morgan fingerprint density at radius 2 is 2.26 bits per heavy atom. The van der Waals surface area contributed by atoms with Crippen LogP contribution in [0.25, 0.3) is 0 Å². The summed E-state index contributed by atoms with van der Waals surface area (Å²) in [5, 5.41) is 11.0. The van der Waals surface area contributed by atoms with Crippen molar-refractivity contribution in [1.29, 1.82) is 0 Å². The Kier molecular flexibility index (Phi) is 5.86. The van der Waals surface area contributed by atoms with Crippen molar-refractivity contribution in [2.24, 2.45) is 0 Å². The van der Waals surface area contributed by atoms with Crippen LogP contribution < -0.4 is 5.32 Å². The van der Waals surface area contributed by atoms with E-state index in [9.17, 15) is 4.79 Å². The topological polar surface area (TPSA) is 95.1 Å². The third-order valence-corrected chi connectivity index (χ3v) is 3.19. The third-order valence-electron chi connectivity index (χ3n) is 3.19. The summed E-state index contributed by atoms with van der Waals surface area (Å²) in [5.74, 6) is 0.975. The lowest BCUT2D eigenvalue weighted by atomic mass is 10.2. The molecule has 0 fully saturated rings. The Labute approximate surface area is 135 Å². The van der Waals surface area contributed by atoms with Crippen molar-refractivity contribution < 1.29 is 14.1 Å². The molecule has 0 atom stereocenters. The predicted octanol–water partition coefficient (Wildman–Crippen LogP) is 1.66. The van der Waals surface area contributed by atoms with Gasteiger partial charge in [-0.3, -0.25) is 9.48 Å². The number of ether oxygens (including phenoxy) is 1. The lowest BCUT2D eigenvalue weighted by Gasteiger charge is -2.07. The molecule has 0 aliphatic rings. The highest BCUT2D eigenvalue weighted by Gasteiger charge is 2.15. The summed E-state index contributed by atoms with van der Waals surface area (Å²) in [6.45, 7) is 9.60. The van der Waals surface area contributed by atoms with Gasteiger partial charge in [-0.05, 0) is 19.9 Å². The second-order valence-corrected chi connectivity index (χ2v) is 5.47. The zero-order chi connectivity index (χ0) is 16.8. The number of amides is 1. The minimum absolute atomic E-state index is 0.186. The molecule has 0 saturated heterocycles. The Bertz CT molecular complexity index is 647. The van der Waals surface area contributed by atoms with E-state index in [1.165, 1.54) is 0 Å². The van der Waals surface area contributed by atoms with Gasteiger partial charge in [0.05, 0.1) is 25.4 Å². The predicted molar refractivity (Wildman–Crippen MR) is 83.0 cm³/mol. The number of aromatic nitrogens is 4. The molecule has 0 aromatic carbocycles. The van der Waals surface area contributed by atoms with E-state index in [1.807, 2.05) is 27.7 Å². The minimum Gasteiger partial charge on any atom is -0.380 e. The van der Waals surface area contributed by atoms with Crippen LogP contribution >= 0.6 is 0 Å². The van der Waals surface area contributed by atoms with Crippen LogP contribution in [-0.4, -0.2) is 39.0 Å². The second-order valence-electron chi connectivity index (χ2n) is 5.47. The van der Waals surface area contributed by atoms with Gasteiger partial charge in [-0.2, -0.15) is 10.1 Å². The lowest BCUT2D eigenvalue weighted by Crippen LogP contribution is -2.26. The van der Waals surface area contributed by atoms with E-state index in [0.717, 1.165) is 5.69 Å². The van der Waals surface area contributed by atoms with Crippen molar-refractivity contribution in [1.82, 2.24) is 25.2 Å². The zero-order valence-corrected chi connectivity index (χ0v) is 14.0. The van der Waals surface area contributed by atoms with Gasteiger partial charge in [0.2, 0.25) is 5.89 Å². The highest BCUT2D eigenvalue weighted by Crippen LogP contribution is 2.10. The van der Waals surface area contributed by atoms with Crippen molar-refractivity contribution in [3.63, 3.8) is 0 Å². The molecule has 0 aliphatic carbocycles. The van der Waals surface area contributed by atoms with Crippen LogP contribution in [0.15, 0.2) is 10.6 Å². The van der Waals surface area contributed by atoms with Crippen molar-refractivity contribution in [3.8, 4) is 0 Å². The highest BCUT2D eigenvalue weighted by molar-refractivity contribution is 5.92. The summed E-state index contributed by atoms with van der Waals surface area (Å²) in [6.07, 6.45) is 0. The fourth-order valence-corrected chi connectivity index (χ4v) is 2.01. The second kappa shape index (κ2) is 7.87. The molecular formula is C15H23N5O3. The van der Waals surface area contributed by atoms with Crippen LogP contribution in [0.3, 0.4) is 0 Å². The maximum Gasteiger partial charge on any atom is 0.270 e. The minimum atomic E-state index is -0.230. The number of aryl methyl sites for hydroxylation is 1. The van der Waals surface area contributed by atoms with Crippen LogP contribution in [0.4, 0.5) is 0 Å². The average Bonchev–Trinajstić information content (AvgIpc) is 3.12. The molecule has 0 unspecified atom stereocenters. The van der Waals surface area contributed by atoms with Crippen LogP contribution in [0.5, 0.6) is 0 Å². The molecule has 1 amide bonds. The summed E-state index contributed by atoms with van der Waals surface area (Å²) in [7, 11) is 0. The molecule has 2 aromatic heterocycles. The molecule has 2 rings (SSSR count). The first-order chi connectivity index (χ1) is 11.0. The fourth-order valence-electron chi connectivity index (χ4n) is 2.01. The maximum absolute atomic E-state index is 12.3. The van der Waals surface area contributed by atoms with Gasteiger partial charge in [-0.15, -0.1) is 0 Å². The van der Waals surface area contributed by atoms with Gasteiger partial charge in [-0.25, -0.2) is 0 Å². The number of hydrogen-bond acceptors (Lipinski definition) is 6. The fraction of sp³-hybridized carbons (Fsp3) is 0.600. The molecule has 1 N–H and O–H groups in total.